The zero-order valence-corrected chi connectivity index (χ0v) is 11.6. The first kappa shape index (κ1) is 14.0. The van der Waals surface area contributed by atoms with Gasteiger partial charge in [-0.3, -0.25) is 9.69 Å². The summed E-state index contributed by atoms with van der Waals surface area (Å²) in [6.07, 6.45) is 3.63. The predicted molar refractivity (Wildman–Crippen MR) is 68.4 cm³/mol. The smallest absolute Gasteiger partial charge is 0.323 e. The summed E-state index contributed by atoms with van der Waals surface area (Å²) in [5.74, 6) is 1.18. The second kappa shape index (κ2) is 6.65. The molecule has 1 fully saturated rings. The summed E-state index contributed by atoms with van der Waals surface area (Å²) in [6.45, 7) is 5.75. The molecule has 1 aromatic heterocycles. The van der Waals surface area contributed by atoms with E-state index in [-0.39, 0.29) is 12.0 Å². The first-order chi connectivity index (χ1) is 9.24. The van der Waals surface area contributed by atoms with Crippen molar-refractivity contribution in [3.05, 3.63) is 11.7 Å². The first-order valence-corrected chi connectivity index (χ1v) is 6.96. The van der Waals surface area contributed by atoms with Gasteiger partial charge in [0.1, 0.15) is 6.04 Å². The van der Waals surface area contributed by atoms with Gasteiger partial charge in [-0.25, -0.2) is 0 Å². The van der Waals surface area contributed by atoms with Gasteiger partial charge in [-0.1, -0.05) is 12.1 Å². The van der Waals surface area contributed by atoms with E-state index in [0.29, 0.717) is 24.9 Å². The average Bonchev–Trinajstić information content (AvgIpc) is 3.00. The van der Waals surface area contributed by atoms with Gasteiger partial charge >= 0.3 is 5.97 Å². The number of carbonyl (C=O) groups is 1. The van der Waals surface area contributed by atoms with Crippen molar-refractivity contribution in [1.29, 1.82) is 0 Å². The van der Waals surface area contributed by atoms with Gasteiger partial charge in [-0.2, -0.15) is 4.98 Å². The molecule has 6 heteroatoms. The van der Waals surface area contributed by atoms with Crippen LogP contribution in [0.5, 0.6) is 0 Å². The highest BCUT2D eigenvalue weighted by atomic mass is 16.5. The van der Waals surface area contributed by atoms with E-state index in [9.17, 15) is 4.79 Å². The number of rotatable bonds is 6. The van der Waals surface area contributed by atoms with Crippen LogP contribution in [0.25, 0.3) is 0 Å². The van der Waals surface area contributed by atoms with Crippen molar-refractivity contribution >= 4 is 5.97 Å². The molecule has 0 N–H and O–H groups in total. The third kappa shape index (κ3) is 3.53. The minimum Gasteiger partial charge on any atom is -0.465 e. The van der Waals surface area contributed by atoms with Crippen molar-refractivity contribution in [2.24, 2.45) is 0 Å². The van der Waals surface area contributed by atoms with Gasteiger partial charge in [0, 0.05) is 6.42 Å². The number of hydrogen-bond acceptors (Lipinski definition) is 6. The van der Waals surface area contributed by atoms with Crippen LogP contribution in [0, 0.1) is 0 Å². The fourth-order valence-electron chi connectivity index (χ4n) is 2.37. The molecule has 0 bridgehead atoms. The lowest BCUT2D eigenvalue weighted by molar-refractivity contribution is -0.148. The third-order valence-corrected chi connectivity index (χ3v) is 3.24. The van der Waals surface area contributed by atoms with Gasteiger partial charge in [-0.05, 0) is 32.7 Å². The minimum atomic E-state index is -0.159. The summed E-state index contributed by atoms with van der Waals surface area (Å²) < 4.78 is 10.2. The van der Waals surface area contributed by atoms with Crippen LogP contribution in [-0.2, 0) is 22.5 Å². The van der Waals surface area contributed by atoms with Crippen LogP contribution < -0.4 is 0 Å². The molecule has 1 aliphatic rings. The lowest BCUT2D eigenvalue weighted by Gasteiger charge is -2.20. The van der Waals surface area contributed by atoms with Gasteiger partial charge < -0.3 is 9.26 Å². The van der Waals surface area contributed by atoms with E-state index < -0.39 is 0 Å². The van der Waals surface area contributed by atoms with Crippen LogP contribution in [0.4, 0.5) is 0 Å². The number of likely N-dealkylation sites (tertiary alicyclic amines) is 1. The second-order valence-corrected chi connectivity index (χ2v) is 4.73. The van der Waals surface area contributed by atoms with E-state index in [1.807, 2.05) is 6.92 Å². The maximum atomic E-state index is 11.8. The molecule has 0 amide bonds. The Hall–Kier alpha value is -1.43. The fourth-order valence-corrected chi connectivity index (χ4v) is 2.37. The lowest BCUT2D eigenvalue weighted by atomic mass is 10.2. The lowest BCUT2D eigenvalue weighted by Crippen LogP contribution is -2.37. The number of ether oxygens (including phenoxy) is 1. The van der Waals surface area contributed by atoms with Crippen molar-refractivity contribution in [2.75, 3.05) is 13.2 Å². The third-order valence-electron chi connectivity index (χ3n) is 3.24. The van der Waals surface area contributed by atoms with Gasteiger partial charge in [0.15, 0.2) is 5.82 Å². The molecule has 0 saturated carbocycles. The monoisotopic (exact) mass is 267 g/mol. The van der Waals surface area contributed by atoms with Gasteiger partial charge in [-0.15, -0.1) is 0 Å². The zero-order valence-electron chi connectivity index (χ0n) is 11.6. The van der Waals surface area contributed by atoms with E-state index in [4.69, 9.17) is 9.26 Å². The molecule has 106 valence electrons. The highest BCUT2D eigenvalue weighted by Gasteiger charge is 2.32. The number of aromatic nitrogens is 2. The molecule has 2 heterocycles. The Morgan fingerprint density at radius 3 is 3.11 bits per heavy atom. The van der Waals surface area contributed by atoms with Crippen molar-refractivity contribution in [2.45, 2.75) is 52.1 Å². The molecule has 0 radical (unpaired) electrons. The highest BCUT2D eigenvalue weighted by molar-refractivity contribution is 5.76. The standard InChI is InChI=1S/C13H21N3O3/c1-3-6-12-14-11(15-19-12)9-16-8-5-7-10(16)13(17)18-4-2/h10H,3-9H2,1-2H3. The molecule has 2 rings (SSSR count). The van der Waals surface area contributed by atoms with E-state index in [1.165, 1.54) is 0 Å². The van der Waals surface area contributed by atoms with Crippen LogP contribution in [-0.4, -0.2) is 40.2 Å². The Morgan fingerprint density at radius 2 is 2.37 bits per heavy atom. The molecule has 0 spiro atoms. The van der Waals surface area contributed by atoms with Crippen LogP contribution in [0.1, 0.15) is 44.8 Å². The minimum absolute atomic E-state index is 0.141. The van der Waals surface area contributed by atoms with Crippen LogP contribution >= 0.6 is 0 Å². The Balaban J connectivity index is 1.94. The summed E-state index contributed by atoms with van der Waals surface area (Å²) >= 11 is 0. The Bertz CT molecular complexity index is 419. The SMILES string of the molecule is CCCc1nc(CN2CCCC2C(=O)OCC)no1. The van der Waals surface area contributed by atoms with E-state index in [0.717, 1.165) is 32.2 Å². The molecular weight excluding hydrogens is 246 g/mol. The average molecular weight is 267 g/mol. The second-order valence-electron chi connectivity index (χ2n) is 4.73. The molecule has 6 nitrogen and oxygen atoms in total. The number of nitrogens with zero attached hydrogens (tertiary/aromatic N) is 3. The van der Waals surface area contributed by atoms with Crippen LogP contribution in [0.3, 0.4) is 0 Å². The quantitative estimate of drug-likeness (QED) is 0.728. The Morgan fingerprint density at radius 1 is 1.53 bits per heavy atom. The number of esters is 1. The van der Waals surface area contributed by atoms with E-state index in [1.54, 1.807) is 0 Å². The van der Waals surface area contributed by atoms with Crippen LogP contribution in [0.2, 0.25) is 0 Å². The molecule has 1 atom stereocenters. The maximum absolute atomic E-state index is 11.8. The first-order valence-electron chi connectivity index (χ1n) is 6.96. The van der Waals surface area contributed by atoms with Gasteiger partial charge in [0.2, 0.25) is 5.89 Å². The Labute approximate surface area is 113 Å². The van der Waals surface area contributed by atoms with E-state index in [2.05, 4.69) is 22.0 Å². The summed E-state index contributed by atoms with van der Waals surface area (Å²) in [7, 11) is 0. The van der Waals surface area contributed by atoms with Gasteiger partial charge in [0.05, 0.1) is 13.2 Å². The maximum Gasteiger partial charge on any atom is 0.323 e. The van der Waals surface area contributed by atoms with Crippen LogP contribution in [0.15, 0.2) is 4.52 Å². The zero-order chi connectivity index (χ0) is 13.7. The van der Waals surface area contributed by atoms with Crippen molar-refractivity contribution < 1.29 is 14.1 Å². The molecule has 1 saturated heterocycles. The number of carbonyl (C=O) groups excluding carboxylic acids is 1. The molecule has 0 aromatic carbocycles. The largest absolute Gasteiger partial charge is 0.465 e. The normalized spacial score (nSPS) is 19.8. The van der Waals surface area contributed by atoms with E-state index >= 15 is 0 Å². The van der Waals surface area contributed by atoms with Crippen molar-refractivity contribution in [3.8, 4) is 0 Å². The topological polar surface area (TPSA) is 68.5 Å². The summed E-state index contributed by atoms with van der Waals surface area (Å²) in [6, 6.07) is -0.159. The number of aryl methyl sites for hydroxylation is 1. The van der Waals surface area contributed by atoms with Gasteiger partial charge in [0.25, 0.3) is 0 Å². The Kier molecular flexibility index (Phi) is 4.90. The molecule has 1 unspecified atom stereocenters. The fraction of sp³-hybridized carbons (Fsp3) is 0.769. The molecule has 19 heavy (non-hydrogen) atoms. The summed E-state index contributed by atoms with van der Waals surface area (Å²) in [4.78, 5) is 18.2. The highest BCUT2D eigenvalue weighted by Crippen LogP contribution is 2.20. The number of hydrogen-bond donors (Lipinski definition) is 0. The van der Waals surface area contributed by atoms with Crippen molar-refractivity contribution in [1.82, 2.24) is 15.0 Å². The molecular formula is C13H21N3O3. The molecule has 0 aliphatic carbocycles. The molecule has 1 aliphatic heterocycles. The summed E-state index contributed by atoms with van der Waals surface area (Å²) in [5.41, 5.74) is 0. The molecule has 1 aromatic rings. The summed E-state index contributed by atoms with van der Waals surface area (Å²) in [5, 5.41) is 3.96. The predicted octanol–water partition coefficient (Wildman–Crippen LogP) is 1.55. The van der Waals surface area contributed by atoms with Crippen molar-refractivity contribution in [3.63, 3.8) is 0 Å².